The standard InChI is InChI=1S/C12H15BrN2S/c1-3-8-14-12(16)15-9(2)10-6-4-5-7-11(10)13/h3-7,9H,1,8H2,2H3,(H2,14,15,16)/t9-/m0/s1. The Morgan fingerprint density at radius 1 is 1.56 bits per heavy atom. The second-order valence-corrected chi connectivity index (χ2v) is 4.65. The van der Waals surface area contributed by atoms with Gasteiger partial charge in [0.25, 0.3) is 0 Å². The molecule has 0 saturated heterocycles. The van der Waals surface area contributed by atoms with E-state index in [1.165, 1.54) is 5.56 Å². The van der Waals surface area contributed by atoms with Crippen molar-refractivity contribution in [2.45, 2.75) is 13.0 Å². The zero-order valence-electron chi connectivity index (χ0n) is 9.16. The Bertz CT molecular complexity index is 379. The molecule has 1 aromatic carbocycles. The van der Waals surface area contributed by atoms with Crippen molar-refractivity contribution in [3.8, 4) is 0 Å². The van der Waals surface area contributed by atoms with E-state index >= 15 is 0 Å². The fourth-order valence-corrected chi connectivity index (χ4v) is 2.20. The van der Waals surface area contributed by atoms with Crippen LogP contribution in [0.4, 0.5) is 0 Å². The number of hydrogen-bond acceptors (Lipinski definition) is 1. The van der Waals surface area contributed by atoms with Crippen LogP contribution in [0, 0.1) is 0 Å². The van der Waals surface area contributed by atoms with Crippen molar-refractivity contribution in [2.75, 3.05) is 6.54 Å². The van der Waals surface area contributed by atoms with Crippen LogP contribution in [0.5, 0.6) is 0 Å². The zero-order chi connectivity index (χ0) is 12.0. The lowest BCUT2D eigenvalue weighted by Crippen LogP contribution is -2.36. The van der Waals surface area contributed by atoms with E-state index in [2.05, 4.69) is 46.1 Å². The smallest absolute Gasteiger partial charge is 0.167 e. The van der Waals surface area contributed by atoms with Gasteiger partial charge in [0.05, 0.1) is 6.04 Å². The molecule has 0 spiro atoms. The quantitative estimate of drug-likeness (QED) is 0.659. The van der Waals surface area contributed by atoms with Gasteiger partial charge in [-0.2, -0.15) is 0 Å². The van der Waals surface area contributed by atoms with Crippen molar-refractivity contribution in [1.82, 2.24) is 10.6 Å². The molecule has 2 N–H and O–H groups in total. The Morgan fingerprint density at radius 2 is 2.25 bits per heavy atom. The number of benzene rings is 1. The maximum absolute atomic E-state index is 5.15. The van der Waals surface area contributed by atoms with Gasteiger partial charge in [-0.05, 0) is 30.8 Å². The molecule has 1 rings (SSSR count). The van der Waals surface area contributed by atoms with Crippen molar-refractivity contribution in [1.29, 1.82) is 0 Å². The first-order chi connectivity index (χ1) is 7.65. The molecule has 0 aliphatic rings. The number of rotatable bonds is 4. The second-order valence-electron chi connectivity index (χ2n) is 3.39. The minimum absolute atomic E-state index is 0.167. The molecule has 0 aliphatic carbocycles. The molecule has 0 fully saturated rings. The lowest BCUT2D eigenvalue weighted by atomic mass is 10.1. The van der Waals surface area contributed by atoms with E-state index in [0.717, 1.165) is 4.47 Å². The summed E-state index contributed by atoms with van der Waals surface area (Å²) in [6, 6.07) is 8.26. The highest BCUT2D eigenvalue weighted by molar-refractivity contribution is 9.10. The molecule has 86 valence electrons. The van der Waals surface area contributed by atoms with Gasteiger partial charge < -0.3 is 10.6 Å². The van der Waals surface area contributed by atoms with Crippen LogP contribution >= 0.6 is 28.1 Å². The Morgan fingerprint density at radius 3 is 2.88 bits per heavy atom. The van der Waals surface area contributed by atoms with E-state index < -0.39 is 0 Å². The number of nitrogens with one attached hydrogen (secondary N) is 2. The lowest BCUT2D eigenvalue weighted by molar-refractivity contribution is 0.702. The summed E-state index contributed by atoms with van der Waals surface area (Å²) in [4.78, 5) is 0. The minimum Gasteiger partial charge on any atom is -0.359 e. The first kappa shape index (κ1) is 13.2. The predicted octanol–water partition coefficient (Wildman–Crippen LogP) is 3.16. The van der Waals surface area contributed by atoms with Crippen LogP contribution in [0.25, 0.3) is 0 Å². The van der Waals surface area contributed by atoms with Crippen molar-refractivity contribution in [3.63, 3.8) is 0 Å². The van der Waals surface area contributed by atoms with Gasteiger partial charge in [-0.25, -0.2) is 0 Å². The predicted molar refractivity (Wildman–Crippen MR) is 76.5 cm³/mol. The molecule has 0 aliphatic heterocycles. The fraction of sp³-hybridized carbons (Fsp3) is 0.250. The second kappa shape index (κ2) is 6.66. The number of thiocarbonyl (C=S) groups is 1. The van der Waals surface area contributed by atoms with Gasteiger partial charge in [0.2, 0.25) is 0 Å². The maximum Gasteiger partial charge on any atom is 0.167 e. The molecular weight excluding hydrogens is 284 g/mol. The van der Waals surface area contributed by atoms with Crippen LogP contribution in [-0.4, -0.2) is 11.7 Å². The summed E-state index contributed by atoms with van der Waals surface area (Å²) in [7, 11) is 0. The van der Waals surface area contributed by atoms with E-state index in [0.29, 0.717) is 11.7 Å². The van der Waals surface area contributed by atoms with E-state index in [4.69, 9.17) is 12.2 Å². The van der Waals surface area contributed by atoms with Gasteiger partial charge in [0, 0.05) is 11.0 Å². The molecule has 1 atom stereocenters. The Labute approximate surface area is 110 Å². The zero-order valence-corrected chi connectivity index (χ0v) is 11.6. The molecule has 1 aromatic rings. The first-order valence-corrected chi connectivity index (χ1v) is 6.25. The normalized spacial score (nSPS) is 11.6. The Kier molecular flexibility index (Phi) is 5.49. The van der Waals surface area contributed by atoms with E-state index in [-0.39, 0.29) is 6.04 Å². The summed E-state index contributed by atoms with van der Waals surface area (Å²) >= 11 is 8.67. The third kappa shape index (κ3) is 3.94. The van der Waals surface area contributed by atoms with E-state index in [1.807, 2.05) is 18.2 Å². The fourth-order valence-electron chi connectivity index (χ4n) is 1.32. The Hall–Kier alpha value is -0.870. The molecule has 2 nitrogen and oxygen atoms in total. The van der Waals surface area contributed by atoms with Gasteiger partial charge in [0.15, 0.2) is 5.11 Å². The third-order valence-electron chi connectivity index (χ3n) is 2.13. The van der Waals surface area contributed by atoms with Crippen molar-refractivity contribution in [2.24, 2.45) is 0 Å². The van der Waals surface area contributed by atoms with Crippen LogP contribution in [0.3, 0.4) is 0 Å². The SMILES string of the molecule is C=CCNC(=S)N[C@@H](C)c1ccccc1Br. The van der Waals surface area contributed by atoms with Gasteiger partial charge in [-0.3, -0.25) is 0 Å². The van der Waals surface area contributed by atoms with Crippen LogP contribution in [-0.2, 0) is 0 Å². The van der Waals surface area contributed by atoms with Crippen molar-refractivity contribution >= 4 is 33.3 Å². The monoisotopic (exact) mass is 298 g/mol. The molecule has 0 unspecified atom stereocenters. The first-order valence-electron chi connectivity index (χ1n) is 5.05. The molecule has 0 amide bonds. The third-order valence-corrected chi connectivity index (χ3v) is 3.11. The summed E-state index contributed by atoms with van der Waals surface area (Å²) in [5.74, 6) is 0. The molecule has 0 aromatic heterocycles. The van der Waals surface area contributed by atoms with Crippen molar-refractivity contribution < 1.29 is 0 Å². The van der Waals surface area contributed by atoms with Crippen LogP contribution in [0.1, 0.15) is 18.5 Å². The molecule has 16 heavy (non-hydrogen) atoms. The highest BCUT2D eigenvalue weighted by atomic mass is 79.9. The van der Waals surface area contributed by atoms with Crippen LogP contribution in [0.15, 0.2) is 41.4 Å². The molecule has 0 saturated carbocycles. The minimum atomic E-state index is 0.167. The Balaban J connectivity index is 2.58. The lowest BCUT2D eigenvalue weighted by Gasteiger charge is -2.17. The topological polar surface area (TPSA) is 24.1 Å². The van der Waals surface area contributed by atoms with Gasteiger partial charge in [0.1, 0.15) is 0 Å². The summed E-state index contributed by atoms with van der Waals surface area (Å²) in [5, 5.41) is 6.90. The average Bonchev–Trinajstić information content (AvgIpc) is 2.26. The molecule has 4 heteroatoms. The molecular formula is C12H15BrN2S. The van der Waals surface area contributed by atoms with Crippen LogP contribution in [0.2, 0.25) is 0 Å². The molecule has 0 heterocycles. The van der Waals surface area contributed by atoms with Gasteiger partial charge >= 0.3 is 0 Å². The van der Waals surface area contributed by atoms with Crippen LogP contribution < -0.4 is 10.6 Å². The summed E-state index contributed by atoms with van der Waals surface area (Å²) in [5.41, 5.74) is 1.19. The van der Waals surface area contributed by atoms with Gasteiger partial charge in [-0.15, -0.1) is 6.58 Å². The van der Waals surface area contributed by atoms with E-state index in [9.17, 15) is 0 Å². The summed E-state index contributed by atoms with van der Waals surface area (Å²) in [6.45, 7) is 6.37. The number of halogens is 1. The maximum atomic E-state index is 5.15. The number of hydrogen-bond donors (Lipinski definition) is 2. The van der Waals surface area contributed by atoms with Gasteiger partial charge in [-0.1, -0.05) is 40.2 Å². The van der Waals surface area contributed by atoms with E-state index in [1.54, 1.807) is 6.08 Å². The molecule has 0 bridgehead atoms. The summed E-state index contributed by atoms with van der Waals surface area (Å²) < 4.78 is 1.08. The summed E-state index contributed by atoms with van der Waals surface area (Å²) in [6.07, 6.45) is 1.77. The highest BCUT2D eigenvalue weighted by Gasteiger charge is 2.08. The van der Waals surface area contributed by atoms with Crippen molar-refractivity contribution in [3.05, 3.63) is 47.0 Å². The largest absolute Gasteiger partial charge is 0.359 e. The average molecular weight is 299 g/mol. The highest BCUT2D eigenvalue weighted by Crippen LogP contribution is 2.22. The molecule has 0 radical (unpaired) electrons.